The van der Waals surface area contributed by atoms with Gasteiger partial charge in [-0.2, -0.15) is 13.2 Å². The standard InChI is InChI=1S/C12H8F4N2O3/c1-2-21-11(19)8-4-6-3-7(13)5-18(20)10(6)17-9(8)12(14,15)16/h3-5H,2H2,1H3. The van der Waals surface area contributed by atoms with Crippen LogP contribution in [0.15, 0.2) is 18.3 Å². The molecule has 0 aliphatic rings. The van der Waals surface area contributed by atoms with Crippen LogP contribution in [0.1, 0.15) is 23.0 Å². The van der Waals surface area contributed by atoms with Crippen molar-refractivity contribution >= 4 is 17.0 Å². The zero-order valence-electron chi connectivity index (χ0n) is 10.6. The minimum absolute atomic E-state index is 0.130. The molecule has 9 heteroatoms. The van der Waals surface area contributed by atoms with E-state index >= 15 is 0 Å². The molecule has 0 spiro atoms. The number of carbonyl (C=O) groups is 1. The van der Waals surface area contributed by atoms with Crippen molar-refractivity contribution in [2.75, 3.05) is 6.61 Å². The number of pyridine rings is 2. The third-order valence-electron chi connectivity index (χ3n) is 2.54. The fourth-order valence-electron chi connectivity index (χ4n) is 1.74. The molecule has 0 fully saturated rings. The van der Waals surface area contributed by atoms with E-state index in [-0.39, 0.29) is 16.7 Å². The first-order chi connectivity index (χ1) is 9.74. The lowest BCUT2D eigenvalue weighted by atomic mass is 10.1. The Morgan fingerprint density at radius 2 is 2.10 bits per heavy atom. The second-order valence-electron chi connectivity index (χ2n) is 4.00. The Hall–Kier alpha value is -2.45. The highest BCUT2D eigenvalue weighted by Gasteiger charge is 2.43. The monoisotopic (exact) mass is 304 g/mol. The summed E-state index contributed by atoms with van der Waals surface area (Å²) < 4.78 is 56.3. The fraction of sp³-hybridized carbons (Fsp3) is 0.250. The average molecular weight is 304 g/mol. The molecule has 0 N–H and O–H groups in total. The molecular formula is C12H8F4N2O3. The average Bonchev–Trinajstić information content (AvgIpc) is 2.36. The van der Waals surface area contributed by atoms with Gasteiger partial charge in [-0.05, 0) is 24.0 Å². The van der Waals surface area contributed by atoms with Gasteiger partial charge < -0.3 is 9.94 Å². The summed E-state index contributed by atoms with van der Waals surface area (Å²) >= 11 is 0. The minimum Gasteiger partial charge on any atom is -0.710 e. The van der Waals surface area contributed by atoms with Crippen LogP contribution in [0.2, 0.25) is 0 Å². The molecule has 2 heterocycles. The zero-order chi connectivity index (χ0) is 15.8. The van der Waals surface area contributed by atoms with Crippen LogP contribution in [0.3, 0.4) is 0 Å². The summed E-state index contributed by atoms with van der Waals surface area (Å²) in [5.41, 5.74) is -3.07. The molecule has 0 atom stereocenters. The molecule has 2 aromatic heterocycles. The number of hydrogen-bond donors (Lipinski definition) is 0. The van der Waals surface area contributed by atoms with Crippen LogP contribution in [-0.2, 0) is 10.9 Å². The van der Waals surface area contributed by atoms with Gasteiger partial charge >= 0.3 is 17.8 Å². The predicted molar refractivity (Wildman–Crippen MR) is 61.6 cm³/mol. The summed E-state index contributed by atoms with van der Waals surface area (Å²) in [6, 6.07) is 1.54. The molecule has 0 saturated heterocycles. The van der Waals surface area contributed by atoms with Crippen LogP contribution in [0.25, 0.3) is 11.0 Å². The van der Waals surface area contributed by atoms with E-state index < -0.39 is 34.9 Å². The second kappa shape index (κ2) is 5.15. The molecule has 0 aromatic carbocycles. The zero-order valence-corrected chi connectivity index (χ0v) is 10.6. The fourth-order valence-corrected chi connectivity index (χ4v) is 1.74. The number of aromatic nitrogens is 2. The van der Waals surface area contributed by atoms with Gasteiger partial charge in [0.15, 0.2) is 5.82 Å². The van der Waals surface area contributed by atoms with E-state index in [1.54, 1.807) is 0 Å². The highest BCUT2D eigenvalue weighted by atomic mass is 19.4. The maximum absolute atomic E-state index is 13.1. The van der Waals surface area contributed by atoms with E-state index in [1.807, 2.05) is 0 Å². The number of nitrogens with zero attached hydrogens (tertiary/aromatic N) is 2. The maximum Gasteiger partial charge on any atom is 0.458 e. The van der Waals surface area contributed by atoms with Crippen molar-refractivity contribution in [2.45, 2.75) is 13.1 Å². The Bertz CT molecular complexity index is 716. The summed E-state index contributed by atoms with van der Waals surface area (Å²) in [4.78, 5) is 14.7. The first-order valence-electron chi connectivity index (χ1n) is 5.71. The van der Waals surface area contributed by atoms with Crippen molar-refractivity contribution in [2.24, 2.45) is 0 Å². The quantitative estimate of drug-likeness (QED) is 0.369. The number of rotatable bonds is 2. The molecule has 0 amide bonds. The summed E-state index contributed by atoms with van der Waals surface area (Å²) in [5.74, 6) is -2.21. The molecule has 112 valence electrons. The maximum atomic E-state index is 13.1. The molecule has 0 aliphatic carbocycles. The van der Waals surface area contributed by atoms with Crippen LogP contribution in [0.5, 0.6) is 0 Å². The van der Waals surface area contributed by atoms with Crippen molar-refractivity contribution in [1.82, 2.24) is 4.98 Å². The lowest BCUT2D eigenvalue weighted by Crippen LogP contribution is -2.30. The Morgan fingerprint density at radius 3 is 2.67 bits per heavy atom. The molecule has 0 aliphatic heterocycles. The minimum atomic E-state index is -4.96. The largest absolute Gasteiger partial charge is 0.710 e. The van der Waals surface area contributed by atoms with E-state index in [4.69, 9.17) is 0 Å². The molecule has 0 radical (unpaired) electrons. The summed E-state index contributed by atoms with van der Waals surface area (Å²) in [7, 11) is 0. The van der Waals surface area contributed by atoms with Gasteiger partial charge in [-0.15, -0.1) is 0 Å². The van der Waals surface area contributed by atoms with E-state index in [0.717, 1.165) is 12.1 Å². The van der Waals surface area contributed by atoms with Crippen LogP contribution >= 0.6 is 0 Å². The summed E-state index contributed by atoms with van der Waals surface area (Å²) in [6.07, 6.45) is -4.52. The van der Waals surface area contributed by atoms with Crippen LogP contribution in [0, 0.1) is 11.0 Å². The molecule has 2 aromatic rings. The SMILES string of the molecule is CCOC(=O)c1cc2cc(F)c[n+]([O-])c2nc1C(F)(F)F. The number of carbonyl (C=O) groups excluding carboxylic acids is 1. The first kappa shape index (κ1) is 14.9. The Morgan fingerprint density at radius 1 is 1.43 bits per heavy atom. The number of halogens is 4. The van der Waals surface area contributed by atoms with E-state index in [9.17, 15) is 27.6 Å². The van der Waals surface area contributed by atoms with E-state index in [1.165, 1.54) is 6.92 Å². The van der Waals surface area contributed by atoms with Gasteiger partial charge in [0, 0.05) is 0 Å². The van der Waals surface area contributed by atoms with Crippen molar-refractivity contribution < 1.29 is 31.8 Å². The molecule has 0 saturated carbocycles. The van der Waals surface area contributed by atoms with Gasteiger partial charge in [0.25, 0.3) is 5.69 Å². The number of ether oxygens (including phenoxy) is 1. The van der Waals surface area contributed by atoms with E-state index in [2.05, 4.69) is 9.72 Å². The molecule has 0 unspecified atom stereocenters. The normalized spacial score (nSPS) is 11.7. The smallest absolute Gasteiger partial charge is 0.458 e. The topological polar surface area (TPSA) is 66.1 Å². The Labute approximate surface area is 115 Å². The number of fused-ring (bicyclic) bond motifs is 1. The van der Waals surface area contributed by atoms with Crippen molar-refractivity contribution in [3.63, 3.8) is 0 Å². The lowest BCUT2D eigenvalue weighted by molar-refractivity contribution is -0.581. The highest BCUT2D eigenvalue weighted by molar-refractivity contribution is 5.94. The third-order valence-corrected chi connectivity index (χ3v) is 2.54. The Balaban J connectivity index is 2.78. The van der Waals surface area contributed by atoms with Gasteiger partial charge in [-0.3, -0.25) is 0 Å². The Kier molecular flexibility index (Phi) is 3.67. The highest BCUT2D eigenvalue weighted by Crippen LogP contribution is 2.32. The summed E-state index contributed by atoms with van der Waals surface area (Å²) in [5, 5.41) is 11.2. The van der Waals surface area contributed by atoms with Crippen LogP contribution < -0.4 is 4.73 Å². The first-order valence-corrected chi connectivity index (χ1v) is 5.71. The predicted octanol–water partition coefficient (Wildman–Crippen LogP) is 2.20. The lowest BCUT2D eigenvalue weighted by Gasteiger charge is -2.10. The second-order valence-corrected chi connectivity index (χ2v) is 4.00. The van der Waals surface area contributed by atoms with Gasteiger partial charge in [0.05, 0.1) is 12.0 Å². The van der Waals surface area contributed by atoms with Crippen molar-refractivity contribution in [3.8, 4) is 0 Å². The molecule has 2 rings (SSSR count). The summed E-state index contributed by atoms with van der Waals surface area (Å²) in [6.45, 7) is 1.28. The number of hydrogen-bond acceptors (Lipinski definition) is 4. The molecule has 5 nitrogen and oxygen atoms in total. The van der Waals surface area contributed by atoms with Gasteiger partial charge in [0.2, 0.25) is 0 Å². The number of esters is 1. The van der Waals surface area contributed by atoms with Gasteiger partial charge in [-0.25, -0.2) is 13.9 Å². The molecular weight excluding hydrogens is 296 g/mol. The van der Waals surface area contributed by atoms with Crippen LogP contribution in [-0.4, -0.2) is 17.6 Å². The van der Waals surface area contributed by atoms with Gasteiger partial charge in [0.1, 0.15) is 11.8 Å². The van der Waals surface area contributed by atoms with Crippen molar-refractivity contribution in [3.05, 3.63) is 40.6 Å². The van der Waals surface area contributed by atoms with E-state index in [0.29, 0.717) is 6.20 Å². The molecule has 21 heavy (non-hydrogen) atoms. The van der Waals surface area contributed by atoms with Gasteiger partial charge in [-0.1, -0.05) is 0 Å². The van der Waals surface area contributed by atoms with Crippen molar-refractivity contribution in [1.29, 1.82) is 0 Å². The third kappa shape index (κ3) is 2.86. The number of alkyl halides is 3. The van der Waals surface area contributed by atoms with Crippen LogP contribution in [0.4, 0.5) is 17.6 Å². The molecule has 0 bridgehead atoms.